The van der Waals surface area contributed by atoms with Crippen LogP contribution < -0.4 is 5.32 Å². The zero-order chi connectivity index (χ0) is 22.6. The molecule has 1 N–H and O–H groups in total. The molecule has 0 radical (unpaired) electrons. The third kappa shape index (κ3) is 4.74. The highest BCUT2D eigenvalue weighted by atomic mass is 16.1. The van der Waals surface area contributed by atoms with Gasteiger partial charge in [0.05, 0.1) is 29.5 Å². The summed E-state index contributed by atoms with van der Waals surface area (Å²) in [5.41, 5.74) is 3.15. The number of amides is 1. The van der Waals surface area contributed by atoms with Gasteiger partial charge in [-0.2, -0.15) is 0 Å². The first-order valence-corrected chi connectivity index (χ1v) is 11.0. The van der Waals surface area contributed by atoms with Crippen LogP contribution in [-0.2, 0) is 13.1 Å². The molecule has 1 amide bonds. The molecular formula is C24H26N8O. The predicted octanol–water partition coefficient (Wildman–Crippen LogP) is 1.94. The van der Waals surface area contributed by atoms with Crippen molar-refractivity contribution in [3.05, 3.63) is 89.9 Å². The van der Waals surface area contributed by atoms with Crippen LogP contribution in [-0.4, -0.2) is 67.0 Å². The molecule has 1 aliphatic heterocycles. The van der Waals surface area contributed by atoms with Crippen LogP contribution in [0.25, 0.3) is 5.65 Å². The number of hydrogen-bond donors (Lipinski definition) is 1. The topological polar surface area (TPSA) is 91.5 Å². The molecule has 0 spiro atoms. The van der Waals surface area contributed by atoms with Gasteiger partial charge in [0.1, 0.15) is 0 Å². The van der Waals surface area contributed by atoms with E-state index in [0.29, 0.717) is 12.1 Å². The molecule has 5 rings (SSSR count). The van der Waals surface area contributed by atoms with Gasteiger partial charge in [-0.15, -0.1) is 10.2 Å². The van der Waals surface area contributed by atoms with Gasteiger partial charge in [-0.3, -0.25) is 29.0 Å². The van der Waals surface area contributed by atoms with Gasteiger partial charge in [0.15, 0.2) is 11.5 Å². The summed E-state index contributed by atoms with van der Waals surface area (Å²) in [5, 5.41) is 11.8. The first-order valence-electron chi connectivity index (χ1n) is 11.0. The Kier molecular flexibility index (Phi) is 6.05. The van der Waals surface area contributed by atoms with Crippen LogP contribution in [0.1, 0.15) is 33.6 Å². The lowest BCUT2D eigenvalue weighted by molar-refractivity contribution is 0.0844. The largest absolute Gasteiger partial charge is 0.346 e. The van der Waals surface area contributed by atoms with Gasteiger partial charge in [0.2, 0.25) is 0 Å². The second kappa shape index (κ2) is 9.43. The number of hydrogen-bond acceptors (Lipinski definition) is 7. The number of pyridine rings is 3. The number of rotatable bonds is 6. The molecule has 4 aromatic heterocycles. The van der Waals surface area contributed by atoms with Crippen molar-refractivity contribution < 1.29 is 4.79 Å². The molecule has 33 heavy (non-hydrogen) atoms. The molecular weight excluding hydrogens is 416 g/mol. The fraction of sp³-hybridized carbons (Fsp3) is 0.292. The summed E-state index contributed by atoms with van der Waals surface area (Å²) in [4.78, 5) is 26.2. The first kappa shape index (κ1) is 21.2. The Morgan fingerprint density at radius 1 is 1.00 bits per heavy atom. The van der Waals surface area contributed by atoms with E-state index in [1.54, 1.807) is 12.3 Å². The number of piperazine rings is 1. The Hall–Kier alpha value is -3.69. The molecule has 1 saturated heterocycles. The van der Waals surface area contributed by atoms with E-state index in [-0.39, 0.29) is 11.9 Å². The Bertz CT molecular complexity index is 1230. The molecule has 0 bridgehead atoms. The van der Waals surface area contributed by atoms with E-state index < -0.39 is 0 Å². The highest BCUT2D eigenvalue weighted by Gasteiger charge is 2.29. The quantitative estimate of drug-likeness (QED) is 0.488. The average molecular weight is 443 g/mol. The number of likely N-dealkylation sites (N-methyl/N-ethyl adjacent to an activating group) is 1. The second-order valence-electron chi connectivity index (χ2n) is 8.26. The molecule has 1 atom stereocenters. The molecule has 1 fully saturated rings. The fourth-order valence-corrected chi connectivity index (χ4v) is 4.12. The van der Waals surface area contributed by atoms with E-state index in [0.717, 1.165) is 49.0 Å². The molecule has 0 aromatic carbocycles. The smallest absolute Gasteiger partial charge is 0.253 e. The Morgan fingerprint density at radius 2 is 1.79 bits per heavy atom. The summed E-state index contributed by atoms with van der Waals surface area (Å²) in [7, 11) is 2.10. The molecule has 168 valence electrons. The normalized spacial score (nSPS) is 17.3. The van der Waals surface area contributed by atoms with Crippen molar-refractivity contribution in [3.63, 3.8) is 0 Å². The molecule has 0 saturated carbocycles. The summed E-state index contributed by atoms with van der Waals surface area (Å²) in [6.45, 7) is 3.85. The SMILES string of the molecule is CN1CCN(Cc2ccccn2)C[C@@H]1c1nnc2ccc(C(=O)NCc3ccccn3)cn12. The third-order valence-corrected chi connectivity index (χ3v) is 5.99. The zero-order valence-corrected chi connectivity index (χ0v) is 18.5. The van der Waals surface area contributed by atoms with Crippen molar-refractivity contribution in [2.75, 3.05) is 26.7 Å². The molecule has 0 unspecified atom stereocenters. The maximum Gasteiger partial charge on any atom is 0.253 e. The van der Waals surface area contributed by atoms with Gasteiger partial charge in [-0.1, -0.05) is 12.1 Å². The lowest BCUT2D eigenvalue weighted by Crippen LogP contribution is -2.46. The van der Waals surface area contributed by atoms with E-state index in [9.17, 15) is 4.79 Å². The standard InChI is InChI=1S/C24H26N8O/c1-30-12-13-31(16-20-7-3-5-11-26-20)17-21(30)23-29-28-22-9-8-18(15-32(22)23)24(33)27-14-19-6-2-4-10-25-19/h2-11,15,21H,12-14,16-17H2,1H3,(H,27,33)/t21-/m1/s1. The Balaban J connectivity index is 1.34. The minimum Gasteiger partial charge on any atom is -0.346 e. The number of aromatic nitrogens is 5. The van der Waals surface area contributed by atoms with Crippen LogP contribution in [0.3, 0.4) is 0 Å². The summed E-state index contributed by atoms with van der Waals surface area (Å²) in [6, 6.07) is 15.3. The van der Waals surface area contributed by atoms with Gasteiger partial charge < -0.3 is 5.32 Å². The number of fused-ring (bicyclic) bond motifs is 1. The van der Waals surface area contributed by atoms with Gasteiger partial charge >= 0.3 is 0 Å². The van der Waals surface area contributed by atoms with Crippen LogP contribution in [0.2, 0.25) is 0 Å². The lowest BCUT2D eigenvalue weighted by atomic mass is 10.1. The van der Waals surface area contributed by atoms with E-state index in [1.165, 1.54) is 0 Å². The van der Waals surface area contributed by atoms with Crippen LogP contribution in [0.5, 0.6) is 0 Å². The fourth-order valence-electron chi connectivity index (χ4n) is 4.12. The maximum absolute atomic E-state index is 12.8. The number of nitrogens with one attached hydrogen (secondary N) is 1. The van der Waals surface area contributed by atoms with Crippen molar-refractivity contribution in [3.8, 4) is 0 Å². The summed E-state index contributed by atoms with van der Waals surface area (Å²) < 4.78 is 1.93. The highest BCUT2D eigenvalue weighted by molar-refractivity contribution is 5.94. The van der Waals surface area contributed by atoms with Crippen LogP contribution in [0, 0.1) is 0 Å². The Labute approximate surface area is 192 Å². The molecule has 1 aliphatic rings. The molecule has 0 aliphatic carbocycles. The van der Waals surface area contributed by atoms with E-state index in [2.05, 4.69) is 48.4 Å². The van der Waals surface area contributed by atoms with Crippen LogP contribution in [0.4, 0.5) is 0 Å². The summed E-state index contributed by atoms with van der Waals surface area (Å²) in [5.74, 6) is 0.675. The lowest BCUT2D eigenvalue weighted by Gasteiger charge is -2.38. The summed E-state index contributed by atoms with van der Waals surface area (Å²) in [6.07, 6.45) is 5.37. The molecule has 9 nitrogen and oxygen atoms in total. The molecule has 4 aromatic rings. The van der Waals surface area contributed by atoms with E-state index in [1.807, 2.05) is 53.2 Å². The van der Waals surface area contributed by atoms with Gasteiger partial charge in [0.25, 0.3) is 5.91 Å². The molecule has 9 heteroatoms. The predicted molar refractivity (Wildman–Crippen MR) is 123 cm³/mol. The molecule has 5 heterocycles. The number of carbonyl (C=O) groups is 1. The van der Waals surface area contributed by atoms with E-state index in [4.69, 9.17) is 0 Å². The number of carbonyl (C=O) groups excluding carboxylic acids is 1. The van der Waals surface area contributed by atoms with E-state index >= 15 is 0 Å². The maximum atomic E-state index is 12.8. The van der Waals surface area contributed by atoms with Crippen molar-refractivity contribution >= 4 is 11.6 Å². The van der Waals surface area contributed by atoms with Gasteiger partial charge in [-0.25, -0.2) is 0 Å². The van der Waals surface area contributed by atoms with Crippen molar-refractivity contribution in [1.29, 1.82) is 0 Å². The first-order chi connectivity index (χ1) is 16.2. The van der Waals surface area contributed by atoms with Gasteiger partial charge in [0, 0.05) is 44.8 Å². The van der Waals surface area contributed by atoms with Crippen LogP contribution in [0.15, 0.2) is 67.1 Å². The second-order valence-corrected chi connectivity index (χ2v) is 8.26. The number of nitrogens with zero attached hydrogens (tertiary/aromatic N) is 7. The van der Waals surface area contributed by atoms with Crippen molar-refractivity contribution in [2.45, 2.75) is 19.1 Å². The average Bonchev–Trinajstić information content (AvgIpc) is 3.28. The van der Waals surface area contributed by atoms with Crippen molar-refractivity contribution in [2.24, 2.45) is 0 Å². The minimum absolute atomic E-state index is 0.0595. The summed E-state index contributed by atoms with van der Waals surface area (Å²) >= 11 is 0. The van der Waals surface area contributed by atoms with Gasteiger partial charge in [-0.05, 0) is 43.4 Å². The van der Waals surface area contributed by atoms with Crippen LogP contribution >= 0.6 is 0 Å². The monoisotopic (exact) mass is 442 g/mol. The minimum atomic E-state index is -0.156. The zero-order valence-electron chi connectivity index (χ0n) is 18.5. The highest BCUT2D eigenvalue weighted by Crippen LogP contribution is 2.24. The van der Waals surface area contributed by atoms with Crippen molar-refractivity contribution in [1.82, 2.24) is 39.7 Å². The Morgan fingerprint density at radius 3 is 2.55 bits per heavy atom. The third-order valence-electron chi connectivity index (χ3n) is 5.99.